The lowest BCUT2D eigenvalue weighted by atomic mass is 9.71. The second-order valence-corrected chi connectivity index (χ2v) is 5.99. The van der Waals surface area contributed by atoms with E-state index in [0.717, 1.165) is 11.4 Å². The Bertz CT molecular complexity index is 502. The summed E-state index contributed by atoms with van der Waals surface area (Å²) in [6.07, 6.45) is 2.53. The molecule has 110 valence electrons. The monoisotopic (exact) mass is 300 g/mol. The summed E-state index contributed by atoms with van der Waals surface area (Å²) in [4.78, 5) is 6.52. The van der Waals surface area contributed by atoms with Crippen LogP contribution in [0, 0.1) is 5.41 Å². The summed E-state index contributed by atoms with van der Waals surface area (Å²) in [5.41, 5.74) is 1.22. The molecule has 0 amide bonds. The number of nitrogens with zero attached hydrogens (tertiary/aromatic N) is 2. The molecule has 2 aliphatic rings. The average Bonchev–Trinajstić information content (AvgIpc) is 2.48. The second kappa shape index (κ2) is 5.47. The molecule has 4 nitrogen and oxygen atoms in total. The molecule has 0 unspecified atom stereocenters. The zero-order chi connectivity index (χ0) is 14.2. The lowest BCUT2D eigenvalue weighted by Crippen LogP contribution is -2.60. The average molecular weight is 301 g/mol. The van der Waals surface area contributed by atoms with E-state index in [1.807, 2.05) is 6.07 Å². The molecule has 1 aromatic heterocycles. The minimum Gasteiger partial charge on any atom is -0.396 e. The van der Waals surface area contributed by atoms with Gasteiger partial charge in [0.05, 0.1) is 42.3 Å². The van der Waals surface area contributed by atoms with Crippen molar-refractivity contribution in [1.82, 2.24) is 4.98 Å². The van der Waals surface area contributed by atoms with Gasteiger partial charge in [-0.3, -0.25) is 9.37 Å². The van der Waals surface area contributed by atoms with Crippen LogP contribution in [0.2, 0.25) is 5.02 Å². The van der Waals surface area contributed by atoms with E-state index >= 15 is 0 Å². The SMILES string of the molecule is OCC[C@]1(CF)Cc2ncc(Cl)cc2N2CCOC[C@@H]21. The minimum atomic E-state index is -0.622. The molecule has 2 atom stereocenters. The first-order chi connectivity index (χ1) is 9.70. The number of ether oxygens (including phenoxy) is 1. The topological polar surface area (TPSA) is 45.6 Å². The van der Waals surface area contributed by atoms with Crippen LogP contribution in [-0.2, 0) is 11.2 Å². The van der Waals surface area contributed by atoms with E-state index in [1.165, 1.54) is 0 Å². The van der Waals surface area contributed by atoms with E-state index in [1.54, 1.807) is 6.20 Å². The number of fused-ring (bicyclic) bond motifs is 3. The van der Waals surface area contributed by atoms with Gasteiger partial charge in [0, 0.05) is 31.2 Å². The first-order valence-corrected chi connectivity index (χ1v) is 7.23. The molecule has 0 radical (unpaired) electrons. The maximum absolute atomic E-state index is 13.8. The molecule has 20 heavy (non-hydrogen) atoms. The molecule has 0 aromatic carbocycles. The van der Waals surface area contributed by atoms with Gasteiger partial charge in [0.1, 0.15) is 0 Å². The first kappa shape index (κ1) is 14.0. The zero-order valence-corrected chi connectivity index (χ0v) is 11.9. The molecule has 3 heterocycles. The molecule has 1 saturated heterocycles. The molecular formula is C14H18ClFN2O2. The molecule has 2 aliphatic heterocycles. The third kappa shape index (κ3) is 2.18. The van der Waals surface area contributed by atoms with Crippen molar-refractivity contribution in [2.75, 3.05) is 37.9 Å². The minimum absolute atomic E-state index is 0.0306. The highest BCUT2D eigenvalue weighted by Crippen LogP contribution is 2.44. The summed E-state index contributed by atoms with van der Waals surface area (Å²) in [6, 6.07) is 1.82. The van der Waals surface area contributed by atoms with Gasteiger partial charge < -0.3 is 14.7 Å². The molecule has 0 bridgehead atoms. The second-order valence-electron chi connectivity index (χ2n) is 5.55. The largest absolute Gasteiger partial charge is 0.396 e. The van der Waals surface area contributed by atoms with Gasteiger partial charge >= 0.3 is 0 Å². The molecule has 6 heteroatoms. The maximum Gasteiger partial charge on any atom is 0.0975 e. The van der Waals surface area contributed by atoms with Crippen LogP contribution in [0.1, 0.15) is 12.1 Å². The Morgan fingerprint density at radius 1 is 1.60 bits per heavy atom. The van der Waals surface area contributed by atoms with E-state index in [0.29, 0.717) is 37.6 Å². The molecular weight excluding hydrogens is 283 g/mol. The fourth-order valence-electron chi connectivity index (χ4n) is 3.37. The van der Waals surface area contributed by atoms with Gasteiger partial charge in [-0.1, -0.05) is 11.6 Å². The van der Waals surface area contributed by atoms with E-state index in [9.17, 15) is 9.50 Å². The molecule has 0 spiro atoms. The van der Waals surface area contributed by atoms with Crippen LogP contribution in [0.3, 0.4) is 0 Å². The number of pyridine rings is 1. The Labute approximate surface area is 122 Å². The Hall–Kier alpha value is -0.910. The van der Waals surface area contributed by atoms with E-state index in [-0.39, 0.29) is 12.6 Å². The highest BCUT2D eigenvalue weighted by atomic mass is 35.5. The van der Waals surface area contributed by atoms with E-state index in [2.05, 4.69) is 9.88 Å². The van der Waals surface area contributed by atoms with Gasteiger partial charge in [-0.25, -0.2) is 0 Å². The van der Waals surface area contributed by atoms with Crippen molar-refractivity contribution in [3.63, 3.8) is 0 Å². The number of aromatic nitrogens is 1. The Morgan fingerprint density at radius 3 is 3.20 bits per heavy atom. The van der Waals surface area contributed by atoms with E-state index in [4.69, 9.17) is 16.3 Å². The van der Waals surface area contributed by atoms with Crippen molar-refractivity contribution in [2.45, 2.75) is 18.9 Å². The van der Waals surface area contributed by atoms with Gasteiger partial charge in [-0.05, 0) is 12.5 Å². The molecule has 1 aromatic rings. The molecule has 0 saturated carbocycles. The molecule has 1 fully saturated rings. The molecule has 3 rings (SSSR count). The third-order valence-electron chi connectivity index (χ3n) is 4.45. The predicted molar refractivity (Wildman–Crippen MR) is 75.0 cm³/mol. The Balaban J connectivity index is 2.06. The standard InChI is InChI=1S/C14H18ClFN2O2/c15-10-5-12-11(17-7-10)6-14(9-16,1-3-19)13-8-20-4-2-18(12)13/h5,7,13,19H,1-4,6,8-9H2/t13-,14-/m1/s1. The number of rotatable bonds is 3. The van der Waals surface area contributed by atoms with Crippen LogP contribution in [0.15, 0.2) is 12.3 Å². The lowest BCUT2D eigenvalue weighted by Gasteiger charge is -2.51. The van der Waals surface area contributed by atoms with Gasteiger partial charge in [0.15, 0.2) is 0 Å². The summed E-state index contributed by atoms with van der Waals surface area (Å²) in [6.45, 7) is 1.28. The van der Waals surface area contributed by atoms with Gasteiger partial charge in [0.25, 0.3) is 0 Å². The number of aliphatic hydroxyl groups excluding tert-OH is 1. The predicted octanol–water partition coefficient (Wildman–Crippen LogP) is 1.83. The zero-order valence-electron chi connectivity index (χ0n) is 11.2. The lowest BCUT2D eigenvalue weighted by molar-refractivity contribution is 0.0106. The normalized spacial score (nSPS) is 28.9. The fraction of sp³-hybridized carbons (Fsp3) is 0.643. The number of halogens is 2. The van der Waals surface area contributed by atoms with Crippen molar-refractivity contribution in [3.8, 4) is 0 Å². The van der Waals surface area contributed by atoms with Crippen molar-refractivity contribution < 1.29 is 14.2 Å². The number of anilines is 1. The van der Waals surface area contributed by atoms with Crippen LogP contribution in [0.5, 0.6) is 0 Å². The summed E-state index contributed by atoms with van der Waals surface area (Å²) in [5.74, 6) is 0. The quantitative estimate of drug-likeness (QED) is 0.925. The number of hydrogen-bond acceptors (Lipinski definition) is 4. The summed E-state index contributed by atoms with van der Waals surface area (Å²) >= 11 is 6.04. The smallest absolute Gasteiger partial charge is 0.0975 e. The molecule has 1 N–H and O–H groups in total. The number of hydrogen-bond donors (Lipinski definition) is 1. The Kier molecular flexibility index (Phi) is 3.84. The van der Waals surface area contributed by atoms with Gasteiger partial charge in [-0.2, -0.15) is 0 Å². The van der Waals surface area contributed by atoms with Crippen LogP contribution in [-0.4, -0.2) is 49.2 Å². The van der Waals surface area contributed by atoms with Crippen LogP contribution < -0.4 is 4.90 Å². The number of morpholine rings is 1. The first-order valence-electron chi connectivity index (χ1n) is 6.86. The van der Waals surface area contributed by atoms with Gasteiger partial charge in [-0.15, -0.1) is 0 Å². The third-order valence-corrected chi connectivity index (χ3v) is 4.66. The van der Waals surface area contributed by atoms with Crippen molar-refractivity contribution in [1.29, 1.82) is 0 Å². The highest BCUT2D eigenvalue weighted by molar-refractivity contribution is 6.30. The van der Waals surface area contributed by atoms with Crippen LogP contribution >= 0.6 is 11.6 Å². The van der Waals surface area contributed by atoms with Crippen molar-refractivity contribution >= 4 is 17.3 Å². The summed E-state index contributed by atoms with van der Waals surface area (Å²) < 4.78 is 19.4. The van der Waals surface area contributed by atoms with Crippen LogP contribution in [0.4, 0.5) is 10.1 Å². The Morgan fingerprint density at radius 2 is 2.45 bits per heavy atom. The van der Waals surface area contributed by atoms with E-state index < -0.39 is 12.1 Å². The molecule has 0 aliphatic carbocycles. The van der Waals surface area contributed by atoms with Crippen molar-refractivity contribution in [2.24, 2.45) is 5.41 Å². The maximum atomic E-state index is 13.8. The number of alkyl halides is 1. The van der Waals surface area contributed by atoms with Crippen LogP contribution in [0.25, 0.3) is 0 Å². The highest BCUT2D eigenvalue weighted by Gasteiger charge is 2.48. The fourth-order valence-corrected chi connectivity index (χ4v) is 3.53. The summed E-state index contributed by atoms with van der Waals surface area (Å²) in [5, 5.41) is 9.92. The van der Waals surface area contributed by atoms with Crippen molar-refractivity contribution in [3.05, 3.63) is 23.0 Å². The van der Waals surface area contributed by atoms with Gasteiger partial charge in [0.2, 0.25) is 0 Å². The summed E-state index contributed by atoms with van der Waals surface area (Å²) in [7, 11) is 0. The number of aliphatic hydroxyl groups is 1.